The maximum atomic E-state index is 13.1. The second-order valence-corrected chi connectivity index (χ2v) is 8.66. The van der Waals surface area contributed by atoms with Crippen molar-refractivity contribution in [1.82, 2.24) is 13.9 Å². The molecule has 0 bridgehead atoms. The lowest BCUT2D eigenvalue weighted by Gasteiger charge is -2.36. The fourth-order valence-corrected chi connectivity index (χ4v) is 4.95. The van der Waals surface area contributed by atoms with E-state index < -0.39 is 10.2 Å². The number of hydrogen-bond donors (Lipinski definition) is 1. The normalized spacial score (nSPS) is 17.7. The summed E-state index contributed by atoms with van der Waals surface area (Å²) in [6, 6.07) is 9.75. The van der Waals surface area contributed by atoms with Crippen LogP contribution in [0, 0.1) is 5.92 Å². The maximum Gasteiger partial charge on any atom is 0.282 e. The first-order chi connectivity index (χ1) is 11.4. The molecule has 0 spiro atoms. The van der Waals surface area contributed by atoms with Crippen LogP contribution < -0.4 is 5.32 Å². The fourth-order valence-electron chi connectivity index (χ4n) is 3.13. The third kappa shape index (κ3) is 5.02. The Hall–Kier alpha value is -0.950. The number of nitrogens with zero attached hydrogens (tertiary/aromatic N) is 2. The van der Waals surface area contributed by atoms with Crippen LogP contribution in [0.1, 0.15) is 39.2 Å². The van der Waals surface area contributed by atoms with Crippen LogP contribution in [-0.4, -0.2) is 49.2 Å². The Morgan fingerprint density at radius 3 is 2.38 bits per heavy atom. The summed E-state index contributed by atoms with van der Waals surface area (Å²) in [7, 11) is -3.42. The summed E-state index contributed by atoms with van der Waals surface area (Å²) in [6.07, 6.45) is 1.87. The van der Waals surface area contributed by atoms with E-state index in [1.807, 2.05) is 44.2 Å². The van der Waals surface area contributed by atoms with Gasteiger partial charge < -0.3 is 5.32 Å². The highest BCUT2D eigenvalue weighted by Gasteiger charge is 2.34. The fraction of sp³-hybridized carbons (Fsp3) is 0.667. The van der Waals surface area contributed by atoms with Crippen LogP contribution in [0.2, 0.25) is 0 Å². The van der Waals surface area contributed by atoms with Gasteiger partial charge in [0.1, 0.15) is 0 Å². The van der Waals surface area contributed by atoms with Crippen LogP contribution >= 0.6 is 0 Å². The highest BCUT2D eigenvalue weighted by atomic mass is 32.2. The molecule has 0 radical (unpaired) electrons. The highest BCUT2D eigenvalue weighted by Crippen LogP contribution is 2.23. The molecule has 1 aromatic rings. The molecule has 1 aromatic carbocycles. The Morgan fingerprint density at radius 2 is 1.83 bits per heavy atom. The van der Waals surface area contributed by atoms with Crippen LogP contribution in [0.3, 0.4) is 0 Å². The first kappa shape index (κ1) is 19.4. The molecule has 1 heterocycles. The first-order valence-corrected chi connectivity index (χ1v) is 10.4. The van der Waals surface area contributed by atoms with Gasteiger partial charge in [-0.25, -0.2) is 0 Å². The van der Waals surface area contributed by atoms with Crippen molar-refractivity contribution >= 4 is 10.2 Å². The Balaban J connectivity index is 2.03. The van der Waals surface area contributed by atoms with Gasteiger partial charge in [0.2, 0.25) is 0 Å². The molecule has 2 rings (SSSR count). The van der Waals surface area contributed by atoms with E-state index in [0.29, 0.717) is 25.6 Å². The minimum atomic E-state index is -3.42. The molecule has 5 nitrogen and oxygen atoms in total. The molecule has 0 aliphatic carbocycles. The molecule has 1 fully saturated rings. The van der Waals surface area contributed by atoms with Crippen LogP contribution in [0.15, 0.2) is 30.3 Å². The molecule has 136 valence electrons. The van der Waals surface area contributed by atoms with Gasteiger partial charge in [0.25, 0.3) is 10.2 Å². The average molecular weight is 354 g/mol. The van der Waals surface area contributed by atoms with Crippen LogP contribution in [-0.2, 0) is 16.8 Å². The van der Waals surface area contributed by atoms with Crippen molar-refractivity contribution in [2.45, 2.75) is 46.2 Å². The Bertz CT molecular complexity index is 582. The number of benzene rings is 1. The van der Waals surface area contributed by atoms with E-state index in [4.69, 9.17) is 0 Å². The van der Waals surface area contributed by atoms with Gasteiger partial charge in [-0.15, -0.1) is 0 Å². The van der Waals surface area contributed by atoms with E-state index in [1.54, 1.807) is 8.61 Å². The molecule has 1 aliphatic heterocycles. The molecule has 1 saturated heterocycles. The van der Waals surface area contributed by atoms with E-state index >= 15 is 0 Å². The Morgan fingerprint density at radius 1 is 1.21 bits per heavy atom. The minimum absolute atomic E-state index is 0.0605. The predicted octanol–water partition coefficient (Wildman–Crippen LogP) is 2.46. The molecule has 0 saturated carbocycles. The van der Waals surface area contributed by atoms with Crippen molar-refractivity contribution in [3.05, 3.63) is 35.9 Å². The van der Waals surface area contributed by atoms with E-state index in [0.717, 1.165) is 31.5 Å². The lowest BCUT2D eigenvalue weighted by atomic mass is 9.98. The highest BCUT2D eigenvalue weighted by molar-refractivity contribution is 7.86. The van der Waals surface area contributed by atoms with Gasteiger partial charge >= 0.3 is 0 Å². The van der Waals surface area contributed by atoms with Gasteiger partial charge in [-0.2, -0.15) is 17.0 Å². The summed E-state index contributed by atoms with van der Waals surface area (Å²) in [5, 5.41) is 3.37. The van der Waals surface area contributed by atoms with Crippen molar-refractivity contribution in [1.29, 1.82) is 0 Å². The van der Waals surface area contributed by atoms with E-state index in [-0.39, 0.29) is 6.04 Å². The number of rotatable bonds is 8. The molecule has 1 aliphatic rings. The molecule has 0 aromatic heterocycles. The second kappa shape index (κ2) is 8.94. The summed E-state index contributed by atoms with van der Waals surface area (Å²) < 4.78 is 29.5. The molecule has 6 heteroatoms. The first-order valence-electron chi connectivity index (χ1n) is 8.96. The average Bonchev–Trinajstić information content (AvgIpc) is 2.58. The maximum absolute atomic E-state index is 13.1. The summed E-state index contributed by atoms with van der Waals surface area (Å²) in [6.45, 7) is 9.62. The standard InChI is InChI=1S/C18H31N3O2S/c1-4-19-14-17-10-12-20(13-11-17)24(22,23)21(16(2)3)15-18-8-6-5-7-9-18/h5-9,16-17,19H,4,10-15H2,1-3H3. The van der Waals surface area contributed by atoms with Crippen molar-refractivity contribution in [3.8, 4) is 0 Å². The summed E-state index contributed by atoms with van der Waals surface area (Å²) >= 11 is 0. The Labute approximate surface area is 147 Å². The zero-order valence-corrected chi connectivity index (χ0v) is 15.9. The molecular weight excluding hydrogens is 322 g/mol. The largest absolute Gasteiger partial charge is 0.317 e. The van der Waals surface area contributed by atoms with Crippen molar-refractivity contribution in [3.63, 3.8) is 0 Å². The third-order valence-corrected chi connectivity index (χ3v) is 6.80. The Kier molecular flexibility index (Phi) is 7.22. The smallest absolute Gasteiger partial charge is 0.282 e. The predicted molar refractivity (Wildman–Crippen MR) is 98.9 cm³/mol. The summed E-state index contributed by atoms with van der Waals surface area (Å²) in [5.41, 5.74) is 1.02. The SMILES string of the molecule is CCNCC1CCN(S(=O)(=O)N(Cc2ccccc2)C(C)C)CC1. The molecule has 0 atom stereocenters. The van der Waals surface area contributed by atoms with E-state index in [1.165, 1.54) is 0 Å². The zero-order chi connectivity index (χ0) is 17.6. The van der Waals surface area contributed by atoms with E-state index in [9.17, 15) is 8.42 Å². The van der Waals surface area contributed by atoms with Gasteiger partial charge in [-0.05, 0) is 51.3 Å². The number of piperidine rings is 1. The van der Waals surface area contributed by atoms with Gasteiger partial charge in [-0.1, -0.05) is 37.3 Å². The zero-order valence-electron chi connectivity index (χ0n) is 15.1. The molecule has 0 amide bonds. The van der Waals surface area contributed by atoms with Gasteiger partial charge in [-0.3, -0.25) is 0 Å². The lowest BCUT2D eigenvalue weighted by molar-refractivity contribution is 0.238. The van der Waals surface area contributed by atoms with Crippen molar-refractivity contribution < 1.29 is 8.42 Å². The molecule has 1 N–H and O–H groups in total. The van der Waals surface area contributed by atoms with Gasteiger partial charge in [0.15, 0.2) is 0 Å². The van der Waals surface area contributed by atoms with Crippen molar-refractivity contribution in [2.24, 2.45) is 5.92 Å². The summed E-state index contributed by atoms with van der Waals surface area (Å²) in [4.78, 5) is 0. The van der Waals surface area contributed by atoms with Crippen molar-refractivity contribution in [2.75, 3.05) is 26.2 Å². The summed E-state index contributed by atoms with van der Waals surface area (Å²) in [5.74, 6) is 0.582. The monoisotopic (exact) mass is 353 g/mol. The molecule has 24 heavy (non-hydrogen) atoms. The molecule has 0 unspecified atom stereocenters. The van der Waals surface area contributed by atoms with Gasteiger partial charge in [0.05, 0.1) is 0 Å². The third-order valence-electron chi connectivity index (χ3n) is 4.64. The molecular formula is C18H31N3O2S. The lowest BCUT2D eigenvalue weighted by Crippen LogP contribution is -2.49. The number of nitrogens with one attached hydrogen (secondary N) is 1. The van der Waals surface area contributed by atoms with Gasteiger partial charge in [0, 0.05) is 25.7 Å². The van der Waals surface area contributed by atoms with Crippen LogP contribution in [0.4, 0.5) is 0 Å². The number of hydrogen-bond acceptors (Lipinski definition) is 3. The van der Waals surface area contributed by atoms with Crippen LogP contribution in [0.5, 0.6) is 0 Å². The van der Waals surface area contributed by atoms with E-state index in [2.05, 4.69) is 12.2 Å². The van der Waals surface area contributed by atoms with Crippen LogP contribution in [0.25, 0.3) is 0 Å². The minimum Gasteiger partial charge on any atom is -0.317 e. The quantitative estimate of drug-likeness (QED) is 0.781. The topological polar surface area (TPSA) is 52.7 Å². The second-order valence-electron chi connectivity index (χ2n) is 6.78.